The third-order valence-corrected chi connectivity index (χ3v) is 3.18. The lowest BCUT2D eigenvalue weighted by molar-refractivity contribution is -0.688. The van der Waals surface area contributed by atoms with Crippen LogP contribution in [0, 0.1) is 0 Å². The van der Waals surface area contributed by atoms with E-state index in [1.54, 1.807) is 0 Å². The van der Waals surface area contributed by atoms with Crippen LogP contribution in [0.15, 0.2) is 85.2 Å². The maximum atomic E-state index is 2.26. The van der Waals surface area contributed by atoms with Crippen LogP contribution in [-0.4, -0.2) is 0 Å². The summed E-state index contributed by atoms with van der Waals surface area (Å²) in [4.78, 5) is 0. The Bertz CT molecular complexity index is 645. The highest BCUT2D eigenvalue weighted by Crippen LogP contribution is 2.19. The van der Waals surface area contributed by atoms with Gasteiger partial charge in [0.15, 0.2) is 18.9 Å². The smallest absolute Gasteiger partial charge is 0.173 e. The molecule has 92 valence electrons. The average molecular weight is 246 g/mol. The molecular weight excluding hydrogens is 230 g/mol. The molecule has 0 saturated heterocycles. The Labute approximate surface area is 113 Å². The van der Waals surface area contributed by atoms with Crippen LogP contribution in [0.3, 0.4) is 0 Å². The zero-order chi connectivity index (χ0) is 12.9. The van der Waals surface area contributed by atoms with E-state index in [1.165, 1.54) is 16.7 Å². The van der Waals surface area contributed by atoms with Gasteiger partial charge in [-0.25, -0.2) is 4.57 Å². The molecular formula is C18H16N+. The monoisotopic (exact) mass is 246 g/mol. The molecule has 3 aromatic rings. The van der Waals surface area contributed by atoms with Crippen molar-refractivity contribution in [2.45, 2.75) is 6.54 Å². The van der Waals surface area contributed by atoms with E-state index < -0.39 is 0 Å². The molecule has 0 bridgehead atoms. The van der Waals surface area contributed by atoms with Crippen molar-refractivity contribution in [1.29, 1.82) is 0 Å². The third-order valence-electron chi connectivity index (χ3n) is 3.18. The van der Waals surface area contributed by atoms with Gasteiger partial charge in [-0.05, 0) is 17.2 Å². The number of hydrogen-bond acceptors (Lipinski definition) is 0. The first-order chi connectivity index (χ1) is 9.42. The van der Waals surface area contributed by atoms with Crippen LogP contribution in [-0.2, 0) is 6.54 Å². The fraction of sp³-hybridized carbons (Fsp3) is 0.0556. The number of aromatic nitrogens is 1. The minimum atomic E-state index is 0.904. The van der Waals surface area contributed by atoms with Gasteiger partial charge in [0.05, 0.1) is 0 Å². The first kappa shape index (κ1) is 11.7. The van der Waals surface area contributed by atoms with E-state index >= 15 is 0 Å². The molecule has 1 aromatic heterocycles. The topological polar surface area (TPSA) is 3.88 Å². The van der Waals surface area contributed by atoms with Gasteiger partial charge in [0.1, 0.15) is 0 Å². The van der Waals surface area contributed by atoms with Crippen LogP contribution in [0.5, 0.6) is 0 Å². The first-order valence-corrected chi connectivity index (χ1v) is 6.50. The lowest BCUT2D eigenvalue weighted by Gasteiger charge is -2.03. The summed E-state index contributed by atoms with van der Waals surface area (Å²) in [5.74, 6) is 0. The number of benzene rings is 2. The molecule has 0 radical (unpaired) electrons. The van der Waals surface area contributed by atoms with E-state index in [0.717, 1.165) is 6.54 Å². The number of rotatable bonds is 3. The van der Waals surface area contributed by atoms with E-state index in [1.807, 2.05) is 12.1 Å². The van der Waals surface area contributed by atoms with Crippen molar-refractivity contribution in [1.82, 2.24) is 0 Å². The molecule has 0 unspecified atom stereocenters. The number of nitrogens with zero attached hydrogens (tertiary/aromatic N) is 1. The minimum absolute atomic E-state index is 0.904. The molecule has 0 aliphatic heterocycles. The minimum Gasteiger partial charge on any atom is -0.201 e. The zero-order valence-electron chi connectivity index (χ0n) is 10.7. The van der Waals surface area contributed by atoms with Crippen LogP contribution in [0.1, 0.15) is 5.56 Å². The van der Waals surface area contributed by atoms with Crippen LogP contribution < -0.4 is 4.57 Å². The Kier molecular flexibility index (Phi) is 3.37. The summed E-state index contributed by atoms with van der Waals surface area (Å²) < 4.78 is 2.18. The molecule has 3 rings (SSSR count). The normalized spacial score (nSPS) is 10.3. The molecule has 0 aliphatic carbocycles. The highest BCUT2D eigenvalue weighted by Gasteiger charge is 2.03. The van der Waals surface area contributed by atoms with Gasteiger partial charge in [0.2, 0.25) is 0 Å². The molecule has 1 nitrogen and oxygen atoms in total. The second-order valence-electron chi connectivity index (χ2n) is 4.61. The molecule has 19 heavy (non-hydrogen) atoms. The van der Waals surface area contributed by atoms with Gasteiger partial charge in [-0.2, -0.15) is 0 Å². The quantitative estimate of drug-likeness (QED) is 0.621. The van der Waals surface area contributed by atoms with Crippen LogP contribution in [0.2, 0.25) is 0 Å². The SMILES string of the molecule is c1ccc(-c2cccc(C[n+]3ccccc3)c2)cc1. The lowest BCUT2D eigenvalue weighted by atomic mass is 10.0. The van der Waals surface area contributed by atoms with Crippen molar-refractivity contribution >= 4 is 0 Å². The van der Waals surface area contributed by atoms with Crippen LogP contribution in [0.25, 0.3) is 11.1 Å². The summed E-state index contributed by atoms with van der Waals surface area (Å²) in [5, 5.41) is 0. The zero-order valence-corrected chi connectivity index (χ0v) is 10.7. The summed E-state index contributed by atoms with van der Waals surface area (Å²) in [6.45, 7) is 0.904. The largest absolute Gasteiger partial charge is 0.201 e. The van der Waals surface area contributed by atoms with Crippen LogP contribution >= 0.6 is 0 Å². The molecule has 0 amide bonds. The molecule has 1 heterocycles. The Balaban J connectivity index is 1.89. The molecule has 0 fully saturated rings. The maximum absolute atomic E-state index is 2.26. The van der Waals surface area contributed by atoms with Gasteiger partial charge in [-0.15, -0.1) is 0 Å². The van der Waals surface area contributed by atoms with Crippen molar-refractivity contribution < 1.29 is 4.57 Å². The molecule has 0 saturated carbocycles. The molecule has 0 spiro atoms. The number of hydrogen-bond donors (Lipinski definition) is 0. The Morgan fingerprint density at radius 2 is 1.32 bits per heavy atom. The Hall–Kier alpha value is -2.41. The van der Waals surface area contributed by atoms with Crippen molar-refractivity contribution in [3.8, 4) is 11.1 Å². The van der Waals surface area contributed by atoms with Gasteiger partial charge >= 0.3 is 0 Å². The van der Waals surface area contributed by atoms with Gasteiger partial charge in [0, 0.05) is 17.7 Å². The van der Waals surface area contributed by atoms with E-state index in [9.17, 15) is 0 Å². The predicted molar refractivity (Wildman–Crippen MR) is 77.6 cm³/mol. The van der Waals surface area contributed by atoms with Gasteiger partial charge in [0.25, 0.3) is 0 Å². The molecule has 0 N–H and O–H groups in total. The molecule has 2 aromatic carbocycles. The van der Waals surface area contributed by atoms with Crippen LogP contribution in [0.4, 0.5) is 0 Å². The van der Waals surface area contributed by atoms with Crippen molar-refractivity contribution in [2.75, 3.05) is 0 Å². The first-order valence-electron chi connectivity index (χ1n) is 6.50. The predicted octanol–water partition coefficient (Wildman–Crippen LogP) is 3.69. The molecule has 0 aliphatic rings. The standard InChI is InChI=1S/C18H16N/c1-3-9-17(10-4-1)18-11-7-8-16(14-18)15-19-12-5-2-6-13-19/h1-14H,15H2/q+1. The summed E-state index contributed by atoms with van der Waals surface area (Å²) in [6.07, 6.45) is 4.18. The Morgan fingerprint density at radius 3 is 2.11 bits per heavy atom. The van der Waals surface area contributed by atoms with Gasteiger partial charge in [-0.3, -0.25) is 0 Å². The second kappa shape index (κ2) is 5.49. The van der Waals surface area contributed by atoms with Gasteiger partial charge in [-0.1, -0.05) is 54.6 Å². The fourth-order valence-electron chi connectivity index (χ4n) is 2.23. The summed E-state index contributed by atoms with van der Waals surface area (Å²) in [7, 11) is 0. The van der Waals surface area contributed by atoms with E-state index in [4.69, 9.17) is 0 Å². The van der Waals surface area contributed by atoms with Crippen molar-refractivity contribution in [2.24, 2.45) is 0 Å². The maximum Gasteiger partial charge on any atom is 0.173 e. The third kappa shape index (κ3) is 2.89. The molecule has 0 atom stereocenters. The summed E-state index contributed by atoms with van der Waals surface area (Å²) in [6, 6.07) is 25.4. The highest BCUT2D eigenvalue weighted by atomic mass is 14.9. The van der Waals surface area contributed by atoms with Crippen molar-refractivity contribution in [3.05, 3.63) is 90.8 Å². The average Bonchev–Trinajstić information content (AvgIpc) is 2.49. The summed E-state index contributed by atoms with van der Waals surface area (Å²) in [5.41, 5.74) is 3.86. The second-order valence-corrected chi connectivity index (χ2v) is 4.61. The van der Waals surface area contributed by atoms with Crippen molar-refractivity contribution in [3.63, 3.8) is 0 Å². The fourth-order valence-corrected chi connectivity index (χ4v) is 2.23. The Morgan fingerprint density at radius 1 is 0.632 bits per heavy atom. The molecule has 1 heteroatoms. The summed E-state index contributed by atoms with van der Waals surface area (Å²) >= 11 is 0. The highest BCUT2D eigenvalue weighted by molar-refractivity contribution is 5.63. The van der Waals surface area contributed by atoms with E-state index in [0.29, 0.717) is 0 Å². The number of pyridine rings is 1. The van der Waals surface area contributed by atoms with E-state index in [2.05, 4.69) is 77.6 Å². The van der Waals surface area contributed by atoms with Gasteiger partial charge < -0.3 is 0 Å². The van der Waals surface area contributed by atoms with E-state index in [-0.39, 0.29) is 0 Å². The lowest BCUT2D eigenvalue weighted by Crippen LogP contribution is -2.32.